The third-order valence-corrected chi connectivity index (χ3v) is 1.99. The average molecular weight is 213 g/mol. The molecule has 1 aromatic carbocycles. The number of aryl methyl sites for hydroxylation is 1. The molecule has 0 atom stereocenters. The SMILES string of the molecule is C=Cc1c(C)cc(Br)cc1O. The fraction of sp³-hybridized carbons (Fsp3) is 0.111. The molecule has 0 radical (unpaired) electrons. The smallest absolute Gasteiger partial charge is 0.124 e. The Morgan fingerprint density at radius 2 is 2.18 bits per heavy atom. The summed E-state index contributed by atoms with van der Waals surface area (Å²) in [6, 6.07) is 3.60. The van der Waals surface area contributed by atoms with Gasteiger partial charge in [-0.05, 0) is 24.6 Å². The highest BCUT2D eigenvalue weighted by molar-refractivity contribution is 9.10. The fourth-order valence-electron chi connectivity index (χ4n) is 1.00. The minimum atomic E-state index is 0.270. The van der Waals surface area contributed by atoms with Crippen LogP contribution in [-0.2, 0) is 0 Å². The Balaban J connectivity index is 3.36. The summed E-state index contributed by atoms with van der Waals surface area (Å²) in [5, 5.41) is 9.37. The van der Waals surface area contributed by atoms with E-state index in [9.17, 15) is 5.11 Å². The number of aromatic hydroxyl groups is 1. The lowest BCUT2D eigenvalue weighted by Crippen LogP contribution is -1.81. The summed E-state index contributed by atoms with van der Waals surface area (Å²) in [5.74, 6) is 0.270. The fourth-order valence-corrected chi connectivity index (χ4v) is 1.56. The molecular formula is C9H9BrO. The molecule has 0 aliphatic heterocycles. The van der Waals surface area contributed by atoms with Gasteiger partial charge >= 0.3 is 0 Å². The van der Waals surface area contributed by atoms with Gasteiger partial charge in [0.25, 0.3) is 0 Å². The van der Waals surface area contributed by atoms with Crippen LogP contribution in [0.3, 0.4) is 0 Å². The van der Waals surface area contributed by atoms with Crippen LogP contribution in [0.2, 0.25) is 0 Å². The molecule has 0 unspecified atom stereocenters. The Kier molecular flexibility index (Phi) is 2.35. The van der Waals surface area contributed by atoms with Gasteiger partial charge in [-0.15, -0.1) is 0 Å². The van der Waals surface area contributed by atoms with E-state index in [1.165, 1.54) is 0 Å². The first kappa shape index (κ1) is 8.34. The Morgan fingerprint density at radius 1 is 1.55 bits per heavy atom. The van der Waals surface area contributed by atoms with Crippen LogP contribution in [0.4, 0.5) is 0 Å². The minimum absolute atomic E-state index is 0.270. The second-order valence-corrected chi connectivity index (χ2v) is 3.28. The lowest BCUT2D eigenvalue weighted by atomic mass is 10.1. The van der Waals surface area contributed by atoms with Crippen molar-refractivity contribution in [2.24, 2.45) is 0 Å². The summed E-state index contributed by atoms with van der Waals surface area (Å²) >= 11 is 3.28. The minimum Gasteiger partial charge on any atom is -0.507 e. The number of phenolic OH excluding ortho intramolecular Hbond substituents is 1. The Morgan fingerprint density at radius 3 is 2.64 bits per heavy atom. The third-order valence-electron chi connectivity index (χ3n) is 1.53. The summed E-state index contributed by atoms with van der Waals surface area (Å²) in [4.78, 5) is 0. The highest BCUT2D eigenvalue weighted by atomic mass is 79.9. The van der Waals surface area contributed by atoms with Crippen molar-refractivity contribution in [2.75, 3.05) is 0 Å². The monoisotopic (exact) mass is 212 g/mol. The molecule has 1 rings (SSSR count). The highest BCUT2D eigenvalue weighted by Gasteiger charge is 2.01. The second kappa shape index (κ2) is 3.09. The molecule has 0 fully saturated rings. The first-order chi connectivity index (χ1) is 5.15. The van der Waals surface area contributed by atoms with Gasteiger partial charge in [0.05, 0.1) is 0 Å². The van der Waals surface area contributed by atoms with Crippen molar-refractivity contribution in [2.45, 2.75) is 6.92 Å². The zero-order valence-corrected chi connectivity index (χ0v) is 7.85. The molecule has 0 aliphatic rings. The normalized spacial score (nSPS) is 9.64. The van der Waals surface area contributed by atoms with E-state index in [0.717, 1.165) is 15.6 Å². The molecule has 11 heavy (non-hydrogen) atoms. The number of phenols is 1. The lowest BCUT2D eigenvalue weighted by molar-refractivity contribution is 0.473. The van der Waals surface area contributed by atoms with Gasteiger partial charge < -0.3 is 5.11 Å². The number of rotatable bonds is 1. The van der Waals surface area contributed by atoms with Crippen LogP contribution in [-0.4, -0.2) is 5.11 Å². The highest BCUT2D eigenvalue weighted by Crippen LogP contribution is 2.26. The molecular weight excluding hydrogens is 204 g/mol. The van der Waals surface area contributed by atoms with Crippen LogP contribution in [0.25, 0.3) is 6.08 Å². The van der Waals surface area contributed by atoms with Crippen molar-refractivity contribution in [3.8, 4) is 5.75 Å². The van der Waals surface area contributed by atoms with Crippen molar-refractivity contribution >= 4 is 22.0 Å². The molecule has 0 bridgehead atoms. The molecule has 1 aromatic rings. The maximum Gasteiger partial charge on any atom is 0.124 e. The van der Waals surface area contributed by atoms with Crippen molar-refractivity contribution in [1.29, 1.82) is 0 Å². The van der Waals surface area contributed by atoms with Gasteiger partial charge in [-0.3, -0.25) is 0 Å². The maximum atomic E-state index is 9.37. The second-order valence-electron chi connectivity index (χ2n) is 2.36. The number of benzene rings is 1. The standard InChI is InChI=1S/C9H9BrO/c1-3-8-6(2)4-7(10)5-9(8)11/h3-5,11H,1H2,2H3. The van der Waals surface area contributed by atoms with Crippen LogP contribution >= 0.6 is 15.9 Å². The van der Waals surface area contributed by atoms with Gasteiger partial charge in [-0.1, -0.05) is 28.6 Å². The molecule has 0 aromatic heterocycles. The summed E-state index contributed by atoms with van der Waals surface area (Å²) in [5.41, 5.74) is 1.82. The molecule has 2 heteroatoms. The van der Waals surface area contributed by atoms with E-state index in [-0.39, 0.29) is 5.75 Å². The van der Waals surface area contributed by atoms with E-state index in [4.69, 9.17) is 0 Å². The van der Waals surface area contributed by atoms with Crippen LogP contribution < -0.4 is 0 Å². The van der Waals surface area contributed by atoms with Crippen LogP contribution in [0, 0.1) is 6.92 Å². The zero-order chi connectivity index (χ0) is 8.43. The van der Waals surface area contributed by atoms with Crippen LogP contribution in [0.1, 0.15) is 11.1 Å². The Hall–Kier alpha value is -0.760. The summed E-state index contributed by atoms with van der Waals surface area (Å²) in [6.07, 6.45) is 1.65. The summed E-state index contributed by atoms with van der Waals surface area (Å²) in [7, 11) is 0. The number of halogens is 1. The Bertz CT molecular complexity index is 269. The topological polar surface area (TPSA) is 20.2 Å². The van der Waals surface area contributed by atoms with E-state index in [1.54, 1.807) is 12.1 Å². The molecule has 0 heterocycles. The average Bonchev–Trinajstić information content (AvgIpc) is 1.85. The molecule has 0 saturated carbocycles. The molecule has 58 valence electrons. The summed E-state index contributed by atoms with van der Waals surface area (Å²) < 4.78 is 0.887. The first-order valence-electron chi connectivity index (χ1n) is 3.26. The molecule has 0 amide bonds. The van der Waals surface area contributed by atoms with Gasteiger partial charge in [-0.2, -0.15) is 0 Å². The molecule has 0 spiro atoms. The predicted octanol–water partition coefficient (Wildman–Crippen LogP) is 3.11. The molecule has 0 saturated heterocycles. The molecule has 1 N–H and O–H groups in total. The van der Waals surface area contributed by atoms with Crippen LogP contribution in [0.5, 0.6) is 5.75 Å². The first-order valence-corrected chi connectivity index (χ1v) is 4.06. The quantitative estimate of drug-likeness (QED) is 0.759. The van der Waals surface area contributed by atoms with Gasteiger partial charge in [0.1, 0.15) is 5.75 Å². The number of hydrogen-bond acceptors (Lipinski definition) is 1. The van der Waals surface area contributed by atoms with E-state index in [2.05, 4.69) is 22.5 Å². The zero-order valence-electron chi connectivity index (χ0n) is 6.26. The lowest BCUT2D eigenvalue weighted by Gasteiger charge is -2.03. The van der Waals surface area contributed by atoms with Crippen LogP contribution in [0.15, 0.2) is 23.2 Å². The van der Waals surface area contributed by atoms with Gasteiger partial charge in [0.2, 0.25) is 0 Å². The van der Waals surface area contributed by atoms with Gasteiger partial charge in [0.15, 0.2) is 0 Å². The summed E-state index contributed by atoms with van der Waals surface area (Å²) in [6.45, 7) is 5.54. The van der Waals surface area contributed by atoms with E-state index in [0.29, 0.717) is 0 Å². The third kappa shape index (κ3) is 1.63. The van der Waals surface area contributed by atoms with E-state index in [1.807, 2.05) is 13.0 Å². The predicted molar refractivity (Wildman–Crippen MR) is 50.6 cm³/mol. The van der Waals surface area contributed by atoms with Gasteiger partial charge in [-0.25, -0.2) is 0 Å². The molecule has 1 nitrogen and oxygen atoms in total. The van der Waals surface area contributed by atoms with Crippen molar-refractivity contribution in [3.05, 3.63) is 34.3 Å². The number of hydrogen-bond donors (Lipinski definition) is 1. The molecule has 0 aliphatic carbocycles. The van der Waals surface area contributed by atoms with Crippen molar-refractivity contribution < 1.29 is 5.11 Å². The largest absolute Gasteiger partial charge is 0.507 e. The van der Waals surface area contributed by atoms with Crippen molar-refractivity contribution in [3.63, 3.8) is 0 Å². The van der Waals surface area contributed by atoms with E-state index >= 15 is 0 Å². The van der Waals surface area contributed by atoms with E-state index < -0.39 is 0 Å². The van der Waals surface area contributed by atoms with Gasteiger partial charge in [0, 0.05) is 10.0 Å². The maximum absolute atomic E-state index is 9.37. The van der Waals surface area contributed by atoms with Crippen molar-refractivity contribution in [1.82, 2.24) is 0 Å². The Labute approximate surface area is 74.5 Å².